The van der Waals surface area contributed by atoms with Crippen molar-refractivity contribution in [1.82, 2.24) is 4.90 Å². The van der Waals surface area contributed by atoms with Gasteiger partial charge in [-0.1, -0.05) is 36.9 Å². The second kappa shape index (κ2) is 7.78. The van der Waals surface area contributed by atoms with Crippen LogP contribution in [0.1, 0.15) is 22.1 Å². The highest BCUT2D eigenvalue weighted by Crippen LogP contribution is 2.36. The maximum absolute atomic E-state index is 12.9. The summed E-state index contributed by atoms with van der Waals surface area (Å²) >= 11 is 0. The number of methoxy groups -OCH3 is 1. The highest BCUT2D eigenvalue weighted by Gasteiger charge is 2.32. The molecule has 1 unspecified atom stereocenters. The number of ether oxygens (including phenoxy) is 2. The minimum Gasteiger partial charge on any atom is -0.493 e. The zero-order chi connectivity index (χ0) is 18.5. The molecule has 2 aromatic rings. The zero-order valence-electron chi connectivity index (χ0n) is 14.8. The van der Waals surface area contributed by atoms with Gasteiger partial charge >= 0.3 is 0 Å². The Morgan fingerprint density at radius 1 is 1.15 bits per heavy atom. The SMILES string of the molecule is C=CCOc1ccc(C2Nc3ccccc3C(=O)N2CC=C)cc1OC. The Morgan fingerprint density at radius 3 is 2.69 bits per heavy atom. The van der Waals surface area contributed by atoms with Gasteiger partial charge in [0.05, 0.1) is 12.7 Å². The number of benzene rings is 2. The summed E-state index contributed by atoms with van der Waals surface area (Å²) in [5.74, 6) is 1.21. The summed E-state index contributed by atoms with van der Waals surface area (Å²) in [5.41, 5.74) is 2.37. The van der Waals surface area contributed by atoms with Crippen LogP contribution in [-0.2, 0) is 0 Å². The average Bonchev–Trinajstić information content (AvgIpc) is 2.68. The maximum atomic E-state index is 12.9. The van der Waals surface area contributed by atoms with Crippen LogP contribution in [0.3, 0.4) is 0 Å². The Bertz CT molecular complexity index is 832. The number of rotatable bonds is 7. The van der Waals surface area contributed by atoms with E-state index < -0.39 is 0 Å². The number of carbonyl (C=O) groups is 1. The van der Waals surface area contributed by atoms with E-state index in [1.807, 2.05) is 42.5 Å². The predicted molar refractivity (Wildman–Crippen MR) is 103 cm³/mol. The van der Waals surface area contributed by atoms with Crippen LogP contribution in [0.15, 0.2) is 67.8 Å². The number of carbonyl (C=O) groups excluding carboxylic acids is 1. The first kappa shape index (κ1) is 17.6. The van der Waals surface area contributed by atoms with Gasteiger partial charge in [0, 0.05) is 12.2 Å². The third kappa shape index (κ3) is 3.28. The molecule has 1 N–H and O–H groups in total. The van der Waals surface area contributed by atoms with E-state index in [-0.39, 0.29) is 12.1 Å². The number of anilines is 1. The molecule has 1 heterocycles. The molecule has 0 radical (unpaired) electrons. The first-order chi connectivity index (χ1) is 12.7. The largest absolute Gasteiger partial charge is 0.493 e. The number of nitrogens with zero attached hydrogens (tertiary/aromatic N) is 1. The summed E-state index contributed by atoms with van der Waals surface area (Å²) in [6.45, 7) is 8.26. The fourth-order valence-corrected chi connectivity index (χ4v) is 3.01. The molecule has 0 fully saturated rings. The monoisotopic (exact) mass is 350 g/mol. The second-order valence-corrected chi connectivity index (χ2v) is 5.85. The minimum atomic E-state index is -0.322. The van der Waals surface area contributed by atoms with Crippen molar-refractivity contribution in [1.29, 1.82) is 0 Å². The standard InChI is InChI=1S/C21H22N2O3/c1-4-12-23-20(22-17-9-7-6-8-16(17)21(23)24)15-10-11-18(26-13-5-2)19(14-15)25-3/h4-11,14,20,22H,1-2,12-13H2,3H3. The Balaban J connectivity index is 1.99. The lowest BCUT2D eigenvalue weighted by atomic mass is 10.0. The Kier molecular flexibility index (Phi) is 5.27. The van der Waals surface area contributed by atoms with E-state index in [0.717, 1.165) is 11.3 Å². The van der Waals surface area contributed by atoms with Crippen LogP contribution in [-0.4, -0.2) is 31.1 Å². The predicted octanol–water partition coefficient (Wildman–Crippen LogP) is 4.01. The summed E-state index contributed by atoms with van der Waals surface area (Å²) in [6.07, 6.45) is 3.08. The third-order valence-corrected chi connectivity index (χ3v) is 4.21. The van der Waals surface area contributed by atoms with E-state index in [0.29, 0.717) is 30.2 Å². The molecule has 0 aromatic heterocycles. The van der Waals surface area contributed by atoms with Crippen LogP contribution in [0.25, 0.3) is 0 Å². The third-order valence-electron chi connectivity index (χ3n) is 4.21. The van der Waals surface area contributed by atoms with Crippen molar-refractivity contribution in [2.45, 2.75) is 6.17 Å². The lowest BCUT2D eigenvalue weighted by Crippen LogP contribution is -2.42. The Labute approximate surface area is 153 Å². The van der Waals surface area contributed by atoms with Crippen molar-refractivity contribution in [2.24, 2.45) is 0 Å². The summed E-state index contributed by atoms with van der Waals surface area (Å²) in [6, 6.07) is 13.2. The van der Waals surface area contributed by atoms with E-state index in [1.165, 1.54) is 0 Å². The van der Waals surface area contributed by atoms with Gasteiger partial charge in [-0.15, -0.1) is 6.58 Å². The first-order valence-corrected chi connectivity index (χ1v) is 8.38. The summed E-state index contributed by atoms with van der Waals surface area (Å²) in [4.78, 5) is 14.7. The molecule has 0 aliphatic carbocycles. The average molecular weight is 350 g/mol. The summed E-state index contributed by atoms with van der Waals surface area (Å²) in [5, 5.41) is 3.44. The van der Waals surface area contributed by atoms with E-state index in [1.54, 1.807) is 24.2 Å². The molecule has 1 amide bonds. The fourth-order valence-electron chi connectivity index (χ4n) is 3.01. The number of amides is 1. The molecule has 3 rings (SSSR count). The molecular formula is C21H22N2O3. The number of hydrogen-bond acceptors (Lipinski definition) is 4. The van der Waals surface area contributed by atoms with Gasteiger partial charge in [-0.2, -0.15) is 0 Å². The van der Waals surface area contributed by atoms with Gasteiger partial charge in [0.25, 0.3) is 5.91 Å². The molecule has 5 heteroatoms. The summed E-state index contributed by atoms with van der Waals surface area (Å²) in [7, 11) is 1.59. The number of nitrogens with one attached hydrogen (secondary N) is 1. The van der Waals surface area contributed by atoms with E-state index >= 15 is 0 Å². The molecule has 26 heavy (non-hydrogen) atoms. The van der Waals surface area contributed by atoms with Gasteiger partial charge in [-0.05, 0) is 29.8 Å². The Morgan fingerprint density at radius 2 is 1.96 bits per heavy atom. The first-order valence-electron chi connectivity index (χ1n) is 8.38. The maximum Gasteiger partial charge on any atom is 0.258 e. The normalized spacial score (nSPS) is 15.7. The fraction of sp³-hybridized carbons (Fsp3) is 0.190. The van der Waals surface area contributed by atoms with Gasteiger partial charge < -0.3 is 19.7 Å². The molecule has 5 nitrogen and oxygen atoms in total. The Hall–Kier alpha value is -3.21. The quantitative estimate of drug-likeness (QED) is 0.767. The van der Waals surface area contributed by atoms with E-state index in [2.05, 4.69) is 18.5 Å². The molecule has 1 atom stereocenters. The van der Waals surface area contributed by atoms with Gasteiger partial charge in [-0.25, -0.2) is 0 Å². The lowest BCUT2D eigenvalue weighted by Gasteiger charge is -2.37. The van der Waals surface area contributed by atoms with E-state index in [9.17, 15) is 4.79 Å². The van der Waals surface area contributed by atoms with Crippen molar-refractivity contribution in [3.63, 3.8) is 0 Å². The van der Waals surface area contributed by atoms with Crippen molar-refractivity contribution < 1.29 is 14.3 Å². The molecule has 1 aliphatic heterocycles. The van der Waals surface area contributed by atoms with Crippen LogP contribution >= 0.6 is 0 Å². The van der Waals surface area contributed by atoms with Crippen LogP contribution in [0.4, 0.5) is 5.69 Å². The van der Waals surface area contributed by atoms with Crippen LogP contribution in [0.5, 0.6) is 11.5 Å². The van der Waals surface area contributed by atoms with Gasteiger partial charge in [0.2, 0.25) is 0 Å². The smallest absolute Gasteiger partial charge is 0.258 e. The van der Waals surface area contributed by atoms with Crippen LogP contribution in [0.2, 0.25) is 0 Å². The number of fused-ring (bicyclic) bond motifs is 1. The number of para-hydroxylation sites is 1. The van der Waals surface area contributed by atoms with Crippen LogP contribution in [0, 0.1) is 0 Å². The van der Waals surface area contributed by atoms with Crippen molar-refractivity contribution in [3.05, 3.63) is 78.9 Å². The molecule has 0 bridgehead atoms. The molecule has 134 valence electrons. The van der Waals surface area contributed by atoms with Crippen LogP contribution < -0.4 is 14.8 Å². The van der Waals surface area contributed by atoms with E-state index in [4.69, 9.17) is 9.47 Å². The second-order valence-electron chi connectivity index (χ2n) is 5.85. The molecular weight excluding hydrogens is 328 g/mol. The minimum absolute atomic E-state index is 0.0322. The zero-order valence-corrected chi connectivity index (χ0v) is 14.8. The highest BCUT2D eigenvalue weighted by molar-refractivity contribution is 6.01. The van der Waals surface area contributed by atoms with Crippen molar-refractivity contribution in [3.8, 4) is 11.5 Å². The lowest BCUT2D eigenvalue weighted by molar-refractivity contribution is 0.0707. The molecule has 0 saturated heterocycles. The van der Waals surface area contributed by atoms with Gasteiger partial charge in [0.1, 0.15) is 12.8 Å². The molecule has 2 aromatic carbocycles. The van der Waals surface area contributed by atoms with Gasteiger partial charge in [-0.3, -0.25) is 4.79 Å². The molecule has 0 saturated carbocycles. The highest BCUT2D eigenvalue weighted by atomic mass is 16.5. The molecule has 0 spiro atoms. The molecule has 1 aliphatic rings. The number of hydrogen-bond donors (Lipinski definition) is 1. The van der Waals surface area contributed by atoms with Crippen molar-refractivity contribution >= 4 is 11.6 Å². The van der Waals surface area contributed by atoms with Crippen molar-refractivity contribution in [2.75, 3.05) is 25.6 Å². The summed E-state index contributed by atoms with van der Waals surface area (Å²) < 4.78 is 11.1. The topological polar surface area (TPSA) is 50.8 Å². The van der Waals surface area contributed by atoms with Gasteiger partial charge in [0.15, 0.2) is 11.5 Å².